The van der Waals surface area contributed by atoms with Crippen molar-refractivity contribution in [3.8, 4) is 0 Å². The van der Waals surface area contributed by atoms with Crippen LogP contribution < -0.4 is 0 Å². The molecular formula is C14H26. The molecule has 0 saturated carbocycles. The molecule has 0 fully saturated rings. The van der Waals surface area contributed by atoms with Gasteiger partial charge in [0.2, 0.25) is 0 Å². The van der Waals surface area contributed by atoms with Crippen molar-refractivity contribution in [2.75, 3.05) is 0 Å². The van der Waals surface area contributed by atoms with Crippen molar-refractivity contribution in [2.24, 2.45) is 5.92 Å². The Morgan fingerprint density at radius 1 is 1.00 bits per heavy atom. The first-order valence-corrected chi connectivity index (χ1v) is 5.24. The highest BCUT2D eigenvalue weighted by atomic mass is 14.0. The van der Waals surface area contributed by atoms with E-state index in [1.54, 1.807) is 0 Å². The molecule has 0 bridgehead atoms. The van der Waals surface area contributed by atoms with Gasteiger partial charge in [-0.25, -0.2) is 0 Å². The molecule has 0 aliphatic heterocycles. The van der Waals surface area contributed by atoms with Crippen LogP contribution in [0.4, 0.5) is 0 Å². The van der Waals surface area contributed by atoms with E-state index < -0.39 is 0 Å². The number of rotatable bonds is 2. The average Bonchev–Trinajstić information content (AvgIpc) is 2.12. The molecule has 0 radical (unpaired) electrons. The smallest absolute Gasteiger partial charge is 0.0256 e. The van der Waals surface area contributed by atoms with Gasteiger partial charge in [-0.1, -0.05) is 65.0 Å². The van der Waals surface area contributed by atoms with E-state index in [9.17, 15) is 0 Å². The Hall–Kier alpha value is -0.780. The minimum Gasteiger partial charge on any atom is -0.0776 e. The monoisotopic (exact) mass is 194 g/mol. The van der Waals surface area contributed by atoms with E-state index in [-0.39, 0.29) is 7.43 Å². The molecule has 0 spiro atoms. The third kappa shape index (κ3) is 6.71. The van der Waals surface area contributed by atoms with Crippen molar-refractivity contribution in [1.82, 2.24) is 0 Å². The van der Waals surface area contributed by atoms with Gasteiger partial charge in [-0.3, -0.25) is 0 Å². The molecule has 0 N–H and O–H groups in total. The van der Waals surface area contributed by atoms with E-state index in [2.05, 4.69) is 45.0 Å². The number of benzene rings is 1. The second-order valence-corrected chi connectivity index (χ2v) is 3.58. The van der Waals surface area contributed by atoms with Crippen molar-refractivity contribution >= 4 is 0 Å². The Bertz CT molecular complexity index is 206. The van der Waals surface area contributed by atoms with Crippen molar-refractivity contribution in [3.63, 3.8) is 0 Å². The van der Waals surface area contributed by atoms with Crippen LogP contribution in [0, 0.1) is 12.8 Å². The average molecular weight is 194 g/mol. The lowest BCUT2D eigenvalue weighted by Gasteiger charge is -2.04. The van der Waals surface area contributed by atoms with E-state index in [1.165, 1.54) is 17.5 Å². The molecule has 0 atom stereocenters. The summed E-state index contributed by atoms with van der Waals surface area (Å²) in [5.74, 6) is 0.762. The summed E-state index contributed by atoms with van der Waals surface area (Å²) in [5, 5.41) is 0. The van der Waals surface area contributed by atoms with Gasteiger partial charge in [0.15, 0.2) is 0 Å². The first kappa shape index (κ1) is 15.7. The van der Waals surface area contributed by atoms with E-state index in [4.69, 9.17) is 0 Å². The summed E-state index contributed by atoms with van der Waals surface area (Å²) in [7, 11) is 0. The standard InChI is InChI=1S/C11H16.C2H6.CH4/c1-9(2)8-11-6-4-10(3)5-7-11;1-2;/h4-7,9H,8H2,1-3H3;1-2H3;1H4. The molecule has 1 rings (SSSR count). The largest absolute Gasteiger partial charge is 0.0776 e. The van der Waals surface area contributed by atoms with Crippen LogP contribution in [0.25, 0.3) is 0 Å². The normalized spacial score (nSPS) is 8.71. The summed E-state index contributed by atoms with van der Waals surface area (Å²) < 4.78 is 0. The topological polar surface area (TPSA) is 0 Å². The second kappa shape index (κ2) is 8.80. The maximum absolute atomic E-state index is 2.25. The van der Waals surface area contributed by atoms with E-state index in [0.29, 0.717) is 0 Å². The molecule has 0 saturated heterocycles. The SMILES string of the molecule is C.CC.Cc1ccc(CC(C)C)cc1. The Labute approximate surface area is 90.4 Å². The van der Waals surface area contributed by atoms with Crippen molar-refractivity contribution < 1.29 is 0 Å². The van der Waals surface area contributed by atoms with Crippen LogP contribution in [-0.2, 0) is 6.42 Å². The van der Waals surface area contributed by atoms with Gasteiger partial charge >= 0.3 is 0 Å². The van der Waals surface area contributed by atoms with E-state index in [0.717, 1.165) is 5.92 Å². The molecule has 82 valence electrons. The maximum atomic E-state index is 2.25. The third-order valence-electron chi connectivity index (χ3n) is 1.76. The van der Waals surface area contributed by atoms with Crippen molar-refractivity contribution in [3.05, 3.63) is 35.4 Å². The van der Waals surface area contributed by atoms with Crippen LogP contribution in [0.2, 0.25) is 0 Å². The first-order chi connectivity index (χ1) is 6.18. The molecular weight excluding hydrogens is 168 g/mol. The molecule has 0 amide bonds. The predicted octanol–water partition coefficient (Wildman–Crippen LogP) is 4.86. The lowest BCUT2D eigenvalue weighted by Crippen LogP contribution is -1.93. The highest BCUT2D eigenvalue weighted by Crippen LogP contribution is 2.08. The zero-order valence-corrected chi connectivity index (χ0v) is 9.59. The molecule has 1 aromatic carbocycles. The van der Waals surface area contributed by atoms with Gasteiger partial charge in [0, 0.05) is 0 Å². The molecule has 0 unspecified atom stereocenters. The van der Waals surface area contributed by atoms with Crippen LogP contribution in [0.15, 0.2) is 24.3 Å². The van der Waals surface area contributed by atoms with Gasteiger partial charge in [-0.05, 0) is 24.8 Å². The predicted molar refractivity (Wildman–Crippen MR) is 67.8 cm³/mol. The molecule has 0 heteroatoms. The van der Waals surface area contributed by atoms with Gasteiger partial charge in [-0.15, -0.1) is 0 Å². The summed E-state index contributed by atoms with van der Waals surface area (Å²) in [6.07, 6.45) is 1.19. The highest BCUT2D eigenvalue weighted by Gasteiger charge is 1.95. The second-order valence-electron chi connectivity index (χ2n) is 3.58. The molecule has 0 nitrogen and oxygen atoms in total. The van der Waals surface area contributed by atoms with Gasteiger partial charge in [0.25, 0.3) is 0 Å². The Morgan fingerprint density at radius 3 is 1.79 bits per heavy atom. The molecule has 1 aromatic rings. The minimum absolute atomic E-state index is 0. The van der Waals surface area contributed by atoms with Gasteiger partial charge in [0.05, 0.1) is 0 Å². The number of hydrogen-bond acceptors (Lipinski definition) is 0. The van der Waals surface area contributed by atoms with Gasteiger partial charge in [0.1, 0.15) is 0 Å². The Balaban J connectivity index is 0. The Kier molecular flexibility index (Phi) is 9.86. The quantitative estimate of drug-likeness (QED) is 0.631. The fourth-order valence-corrected chi connectivity index (χ4v) is 1.20. The van der Waals surface area contributed by atoms with Crippen LogP contribution in [0.3, 0.4) is 0 Å². The van der Waals surface area contributed by atoms with E-state index in [1.807, 2.05) is 13.8 Å². The first-order valence-electron chi connectivity index (χ1n) is 5.24. The van der Waals surface area contributed by atoms with Crippen molar-refractivity contribution in [1.29, 1.82) is 0 Å². The molecule has 14 heavy (non-hydrogen) atoms. The molecule has 0 aliphatic carbocycles. The fourth-order valence-electron chi connectivity index (χ4n) is 1.20. The minimum atomic E-state index is 0. The number of aryl methyl sites for hydroxylation is 1. The van der Waals surface area contributed by atoms with Gasteiger partial charge < -0.3 is 0 Å². The van der Waals surface area contributed by atoms with Crippen LogP contribution in [0.1, 0.15) is 46.2 Å². The number of hydrogen-bond donors (Lipinski definition) is 0. The summed E-state index contributed by atoms with van der Waals surface area (Å²) in [5.41, 5.74) is 2.79. The summed E-state index contributed by atoms with van der Waals surface area (Å²) in [4.78, 5) is 0. The van der Waals surface area contributed by atoms with Gasteiger partial charge in [-0.2, -0.15) is 0 Å². The van der Waals surface area contributed by atoms with Crippen LogP contribution in [-0.4, -0.2) is 0 Å². The highest BCUT2D eigenvalue weighted by molar-refractivity contribution is 5.21. The third-order valence-corrected chi connectivity index (χ3v) is 1.76. The zero-order chi connectivity index (χ0) is 10.3. The fraction of sp³-hybridized carbons (Fsp3) is 0.571. The lowest BCUT2D eigenvalue weighted by atomic mass is 10.0. The molecule has 0 aromatic heterocycles. The van der Waals surface area contributed by atoms with Crippen molar-refractivity contribution in [2.45, 2.75) is 48.5 Å². The van der Waals surface area contributed by atoms with Crippen LogP contribution >= 0.6 is 0 Å². The maximum Gasteiger partial charge on any atom is -0.0256 e. The summed E-state index contributed by atoms with van der Waals surface area (Å²) in [6.45, 7) is 10.6. The zero-order valence-electron chi connectivity index (χ0n) is 9.59. The molecule has 0 aliphatic rings. The van der Waals surface area contributed by atoms with Crippen LogP contribution in [0.5, 0.6) is 0 Å². The summed E-state index contributed by atoms with van der Waals surface area (Å²) >= 11 is 0. The summed E-state index contributed by atoms with van der Waals surface area (Å²) in [6, 6.07) is 8.79. The lowest BCUT2D eigenvalue weighted by molar-refractivity contribution is 0.647. The van der Waals surface area contributed by atoms with E-state index >= 15 is 0 Å². The molecule has 0 heterocycles. The Morgan fingerprint density at radius 2 is 1.43 bits per heavy atom.